The van der Waals surface area contributed by atoms with Crippen LogP contribution >= 0.6 is 0 Å². The van der Waals surface area contributed by atoms with Gasteiger partial charge in [0.05, 0.1) is 9.79 Å². The van der Waals surface area contributed by atoms with Crippen molar-refractivity contribution in [1.82, 2.24) is 0 Å². The van der Waals surface area contributed by atoms with Crippen LogP contribution in [0.3, 0.4) is 0 Å². The minimum Gasteiger partial charge on any atom is -0.299 e. The van der Waals surface area contributed by atoms with Gasteiger partial charge in [-0.3, -0.25) is 4.79 Å². The molecule has 1 saturated carbocycles. The van der Waals surface area contributed by atoms with Crippen LogP contribution in [0, 0.1) is 5.92 Å². The molecule has 33 heavy (non-hydrogen) atoms. The Kier molecular flexibility index (Phi) is 6.81. The van der Waals surface area contributed by atoms with Gasteiger partial charge in [-0.1, -0.05) is 66.7 Å². The Morgan fingerprint density at radius 1 is 0.697 bits per heavy atom. The molecule has 0 heterocycles. The lowest BCUT2D eigenvalue weighted by Gasteiger charge is -2.30. The molecule has 0 N–H and O–H groups in total. The summed E-state index contributed by atoms with van der Waals surface area (Å²) in [5.41, 5.74) is 1.09. The van der Waals surface area contributed by atoms with Crippen LogP contribution in [-0.4, -0.2) is 27.2 Å². The molecule has 5 nitrogen and oxygen atoms in total. The van der Waals surface area contributed by atoms with Crippen molar-refractivity contribution in [3.05, 3.63) is 96.6 Å². The second kappa shape index (κ2) is 9.61. The van der Waals surface area contributed by atoms with Crippen molar-refractivity contribution in [2.75, 3.05) is 0 Å². The molecule has 0 unspecified atom stereocenters. The van der Waals surface area contributed by atoms with E-state index in [0.29, 0.717) is 19.3 Å². The van der Waals surface area contributed by atoms with E-state index in [9.17, 15) is 21.6 Å². The standard InChI is InChI=1S/C26H26O5S2/c27-25-17-16-21(20-10-4-1-5-11-20)18-22(25)19-26(32(28,29)23-12-6-2-7-13-23)33(30,31)24-14-8-3-9-15-24/h1-15,21-22,26H,16-19H2/t21-,22-/m1/s1. The lowest BCUT2D eigenvalue weighted by molar-refractivity contribution is -0.125. The highest BCUT2D eigenvalue weighted by Crippen LogP contribution is 2.39. The van der Waals surface area contributed by atoms with Crippen LogP contribution in [-0.2, 0) is 24.5 Å². The Bertz CT molecular complexity index is 1230. The normalized spacial score (nSPS) is 19.5. The fourth-order valence-corrected chi connectivity index (χ4v) is 9.20. The van der Waals surface area contributed by atoms with E-state index in [1.807, 2.05) is 30.3 Å². The van der Waals surface area contributed by atoms with Crippen molar-refractivity contribution in [2.24, 2.45) is 5.92 Å². The Hall–Kier alpha value is -2.77. The predicted octanol–water partition coefficient (Wildman–Crippen LogP) is 4.80. The van der Waals surface area contributed by atoms with Crippen molar-refractivity contribution >= 4 is 25.5 Å². The summed E-state index contributed by atoms with van der Waals surface area (Å²) in [6.07, 6.45) is 1.18. The molecule has 1 aliphatic rings. The van der Waals surface area contributed by atoms with E-state index in [0.717, 1.165) is 5.56 Å². The van der Waals surface area contributed by atoms with Gasteiger partial charge in [0.1, 0.15) is 5.78 Å². The summed E-state index contributed by atoms with van der Waals surface area (Å²) in [6.45, 7) is 0. The van der Waals surface area contributed by atoms with E-state index < -0.39 is 30.2 Å². The van der Waals surface area contributed by atoms with Crippen LogP contribution in [0.15, 0.2) is 101 Å². The maximum Gasteiger partial charge on any atom is 0.195 e. The highest BCUT2D eigenvalue weighted by Gasteiger charge is 2.43. The molecule has 0 aliphatic heterocycles. The third kappa shape index (κ3) is 4.94. The van der Waals surface area contributed by atoms with Crippen molar-refractivity contribution in [1.29, 1.82) is 0 Å². The van der Waals surface area contributed by atoms with Gasteiger partial charge in [-0.05, 0) is 55.0 Å². The fourth-order valence-electron chi connectivity index (χ4n) is 4.55. The molecule has 1 fully saturated rings. The first-order valence-electron chi connectivity index (χ1n) is 11.0. The topological polar surface area (TPSA) is 85.3 Å². The largest absolute Gasteiger partial charge is 0.299 e. The van der Waals surface area contributed by atoms with E-state index in [4.69, 9.17) is 0 Å². The van der Waals surface area contributed by atoms with Gasteiger partial charge in [0.15, 0.2) is 24.3 Å². The number of hydrogen-bond donors (Lipinski definition) is 0. The Morgan fingerprint density at radius 2 is 1.15 bits per heavy atom. The summed E-state index contributed by atoms with van der Waals surface area (Å²) in [6, 6.07) is 25.0. The van der Waals surface area contributed by atoms with E-state index in [1.54, 1.807) is 36.4 Å². The fraction of sp³-hybridized carbons (Fsp3) is 0.269. The number of sulfone groups is 2. The second-order valence-electron chi connectivity index (χ2n) is 8.43. The molecule has 0 aromatic heterocycles. The third-order valence-electron chi connectivity index (χ3n) is 6.35. The molecule has 3 aromatic rings. The van der Waals surface area contributed by atoms with Gasteiger partial charge in [0.25, 0.3) is 0 Å². The quantitative estimate of drug-likeness (QED) is 0.483. The predicted molar refractivity (Wildman–Crippen MR) is 127 cm³/mol. The lowest BCUT2D eigenvalue weighted by atomic mass is 9.76. The monoisotopic (exact) mass is 482 g/mol. The molecule has 0 radical (unpaired) electrons. The second-order valence-corrected chi connectivity index (χ2v) is 13.0. The smallest absolute Gasteiger partial charge is 0.195 e. The molecule has 0 amide bonds. The number of carbonyl (C=O) groups is 1. The number of benzene rings is 3. The zero-order chi connectivity index (χ0) is 23.5. The zero-order valence-electron chi connectivity index (χ0n) is 18.1. The van der Waals surface area contributed by atoms with Crippen LogP contribution in [0.1, 0.15) is 37.2 Å². The van der Waals surface area contributed by atoms with Crippen LogP contribution < -0.4 is 0 Å². The van der Waals surface area contributed by atoms with Gasteiger partial charge in [-0.25, -0.2) is 16.8 Å². The molecule has 2 atom stereocenters. The minimum absolute atomic E-state index is 0.0580. The number of rotatable bonds is 7. The Morgan fingerprint density at radius 3 is 1.64 bits per heavy atom. The first-order chi connectivity index (χ1) is 15.8. The number of ketones is 1. The summed E-state index contributed by atoms with van der Waals surface area (Å²) in [5.74, 6) is -0.627. The molecular formula is C26H26O5S2. The van der Waals surface area contributed by atoms with Crippen LogP contribution in [0.5, 0.6) is 0 Å². The molecule has 1 aliphatic carbocycles. The first-order valence-corrected chi connectivity index (χ1v) is 14.0. The highest BCUT2D eigenvalue weighted by molar-refractivity contribution is 8.09. The summed E-state index contributed by atoms with van der Waals surface area (Å²) in [5, 5.41) is 0. The van der Waals surface area contributed by atoms with E-state index >= 15 is 0 Å². The third-order valence-corrected chi connectivity index (χ3v) is 11.5. The zero-order valence-corrected chi connectivity index (χ0v) is 19.7. The highest BCUT2D eigenvalue weighted by atomic mass is 32.3. The molecule has 172 valence electrons. The SMILES string of the molecule is O=C1CC[C@@H](c2ccccc2)C[C@@H]1CC(S(=O)(=O)c1ccccc1)S(=O)(=O)c1ccccc1. The summed E-state index contributed by atoms with van der Waals surface area (Å²) in [7, 11) is -8.50. The van der Waals surface area contributed by atoms with Crippen molar-refractivity contribution < 1.29 is 21.6 Å². The van der Waals surface area contributed by atoms with Gasteiger partial charge < -0.3 is 0 Å². The van der Waals surface area contributed by atoms with Gasteiger partial charge in [0.2, 0.25) is 0 Å². The van der Waals surface area contributed by atoms with Gasteiger partial charge in [0, 0.05) is 12.3 Å². The number of Topliss-reactive ketones (excluding diaryl/α,β-unsaturated/α-hetero) is 1. The molecule has 0 saturated heterocycles. The van der Waals surface area contributed by atoms with E-state index in [1.165, 1.54) is 24.3 Å². The Labute approximate surface area is 195 Å². The maximum atomic E-state index is 13.6. The van der Waals surface area contributed by atoms with E-state index in [2.05, 4.69) is 0 Å². The number of hydrogen-bond acceptors (Lipinski definition) is 5. The van der Waals surface area contributed by atoms with Crippen LogP contribution in [0.2, 0.25) is 0 Å². The summed E-state index contributed by atoms with van der Waals surface area (Å²) >= 11 is 0. The average Bonchev–Trinajstić information content (AvgIpc) is 2.85. The molecule has 3 aromatic carbocycles. The van der Waals surface area contributed by atoms with Crippen LogP contribution in [0.4, 0.5) is 0 Å². The maximum absolute atomic E-state index is 13.6. The molecule has 7 heteroatoms. The summed E-state index contributed by atoms with van der Waals surface area (Å²) < 4.78 is 52.6. The van der Waals surface area contributed by atoms with Gasteiger partial charge in [-0.15, -0.1) is 0 Å². The first kappa shape index (κ1) is 23.4. The molecular weight excluding hydrogens is 456 g/mol. The van der Waals surface area contributed by atoms with Crippen molar-refractivity contribution in [2.45, 2.75) is 46.0 Å². The molecule has 0 bridgehead atoms. The van der Waals surface area contributed by atoms with E-state index in [-0.39, 0.29) is 27.9 Å². The van der Waals surface area contributed by atoms with Gasteiger partial charge in [-0.2, -0.15) is 0 Å². The van der Waals surface area contributed by atoms with Crippen molar-refractivity contribution in [3.63, 3.8) is 0 Å². The lowest BCUT2D eigenvalue weighted by Crippen LogP contribution is -2.36. The summed E-state index contributed by atoms with van der Waals surface area (Å²) in [4.78, 5) is 12.7. The number of carbonyl (C=O) groups excluding carboxylic acids is 1. The molecule has 0 spiro atoms. The Balaban J connectivity index is 1.73. The van der Waals surface area contributed by atoms with Crippen molar-refractivity contribution in [3.8, 4) is 0 Å². The minimum atomic E-state index is -4.25. The van der Waals surface area contributed by atoms with Gasteiger partial charge >= 0.3 is 0 Å². The van der Waals surface area contributed by atoms with Crippen LogP contribution in [0.25, 0.3) is 0 Å². The average molecular weight is 483 g/mol. The molecule has 4 rings (SSSR count).